The summed E-state index contributed by atoms with van der Waals surface area (Å²) >= 11 is 0. The Bertz CT molecular complexity index is 79.0. The number of hydrogen-bond donors (Lipinski definition) is 1. The summed E-state index contributed by atoms with van der Waals surface area (Å²) in [4.78, 5) is 7.49. The summed E-state index contributed by atoms with van der Waals surface area (Å²) in [5.41, 5.74) is 0. The van der Waals surface area contributed by atoms with E-state index in [4.69, 9.17) is 4.89 Å². The van der Waals surface area contributed by atoms with E-state index < -0.39 is 7.91 Å². The van der Waals surface area contributed by atoms with Gasteiger partial charge >= 0.3 is 7.91 Å². The molecule has 0 aromatic heterocycles. The molecule has 3 nitrogen and oxygen atoms in total. The van der Waals surface area contributed by atoms with Crippen molar-refractivity contribution in [2.45, 2.75) is 0 Å². The van der Waals surface area contributed by atoms with Gasteiger partial charge in [-0.25, -0.2) is 4.57 Å². The molecule has 6 heteroatoms. The molecule has 0 bridgehead atoms. The van der Waals surface area contributed by atoms with E-state index in [0.29, 0.717) is 0 Å². The summed E-state index contributed by atoms with van der Waals surface area (Å²) in [5, 5.41) is 0. The van der Waals surface area contributed by atoms with Crippen LogP contribution in [0, 0.1) is 0 Å². The fraction of sp³-hybridized carbons (Fsp3) is 1.00. The first-order valence-corrected chi connectivity index (χ1v) is 2.61. The van der Waals surface area contributed by atoms with Crippen LogP contribution < -0.4 is 0 Å². The van der Waals surface area contributed by atoms with E-state index in [1.165, 1.54) is 0 Å². The molecular formula is CH4FNaO3P. The molecule has 0 aliphatic carbocycles. The zero-order valence-corrected chi connectivity index (χ0v) is 6.98. The van der Waals surface area contributed by atoms with Gasteiger partial charge < -0.3 is 0 Å². The Morgan fingerprint density at radius 1 is 1.86 bits per heavy atom. The molecule has 0 saturated carbocycles. The average Bonchev–Trinajstić information content (AvgIpc) is 1.35. The zero-order chi connectivity index (χ0) is 5.21. The van der Waals surface area contributed by atoms with Crippen LogP contribution in [-0.2, 0) is 9.09 Å². The Balaban J connectivity index is 0. The summed E-state index contributed by atoms with van der Waals surface area (Å²) in [5.74, 6) is 0. The molecule has 1 N–H and O–H groups in total. The van der Waals surface area contributed by atoms with Crippen molar-refractivity contribution >= 4 is 37.5 Å². The van der Waals surface area contributed by atoms with Crippen molar-refractivity contribution in [3.63, 3.8) is 0 Å². The topological polar surface area (TPSA) is 46.5 Å². The minimum absolute atomic E-state index is 0. The molecule has 0 aromatic carbocycles. The molecule has 1 atom stereocenters. The van der Waals surface area contributed by atoms with E-state index in [-0.39, 0.29) is 29.6 Å². The summed E-state index contributed by atoms with van der Waals surface area (Å²) in [6.45, 7) is 0. The van der Waals surface area contributed by atoms with Crippen molar-refractivity contribution in [3.8, 4) is 0 Å². The van der Waals surface area contributed by atoms with E-state index in [0.717, 1.165) is 7.11 Å². The normalized spacial score (nSPS) is 17.0. The maximum atomic E-state index is 11.0. The monoisotopic (exact) mass is 137 g/mol. The van der Waals surface area contributed by atoms with Gasteiger partial charge in [0.2, 0.25) is 0 Å². The van der Waals surface area contributed by atoms with Crippen LogP contribution in [0.15, 0.2) is 0 Å². The molecule has 0 spiro atoms. The maximum absolute atomic E-state index is 11.0. The van der Waals surface area contributed by atoms with Crippen molar-refractivity contribution in [1.29, 1.82) is 0 Å². The molecule has 0 aliphatic rings. The van der Waals surface area contributed by atoms with Crippen LogP contribution >= 0.6 is 7.91 Å². The number of halogens is 1. The Labute approximate surface area is 62.8 Å². The third-order valence-electron chi connectivity index (χ3n) is 0.225. The average molecular weight is 137 g/mol. The first kappa shape index (κ1) is 11.0. The Kier molecular flexibility index (Phi) is 6.27. The van der Waals surface area contributed by atoms with Gasteiger partial charge in [0.25, 0.3) is 0 Å². The van der Waals surface area contributed by atoms with Gasteiger partial charge in [-0.05, 0) is 0 Å². The third-order valence-corrected chi connectivity index (χ3v) is 0.676. The summed E-state index contributed by atoms with van der Waals surface area (Å²) in [6, 6.07) is 0. The molecule has 39 valence electrons. The predicted octanol–water partition coefficient (Wildman–Crippen LogP) is 0.322. The van der Waals surface area contributed by atoms with Gasteiger partial charge in [0.05, 0.1) is 0 Å². The van der Waals surface area contributed by atoms with Crippen LogP contribution in [0.4, 0.5) is 4.20 Å². The quantitative estimate of drug-likeness (QED) is 0.418. The standard InChI is InChI=1S/CH4FO3P.Na/c1-5-6(2,3)4;/h1H3,(H,3,4);. The molecule has 0 fully saturated rings. The summed E-state index contributed by atoms with van der Waals surface area (Å²) in [7, 11) is -3.83. The van der Waals surface area contributed by atoms with Crippen molar-refractivity contribution in [2.24, 2.45) is 0 Å². The van der Waals surface area contributed by atoms with Crippen LogP contribution in [0.3, 0.4) is 0 Å². The van der Waals surface area contributed by atoms with E-state index in [1.807, 2.05) is 0 Å². The van der Waals surface area contributed by atoms with Crippen LogP contribution in [0.25, 0.3) is 0 Å². The van der Waals surface area contributed by atoms with Gasteiger partial charge in [-0.1, -0.05) is 0 Å². The fourth-order valence-corrected chi connectivity index (χ4v) is 0. The van der Waals surface area contributed by atoms with Gasteiger partial charge in [-0.2, -0.15) is 0 Å². The molecule has 0 amide bonds. The molecule has 0 saturated heterocycles. The van der Waals surface area contributed by atoms with Gasteiger partial charge in [-0.15, -0.1) is 4.20 Å². The van der Waals surface area contributed by atoms with Crippen molar-refractivity contribution < 1.29 is 18.2 Å². The zero-order valence-electron chi connectivity index (χ0n) is 4.09. The molecule has 0 heterocycles. The first-order chi connectivity index (χ1) is 2.56. The van der Waals surface area contributed by atoms with Crippen molar-refractivity contribution in [2.75, 3.05) is 7.11 Å². The van der Waals surface area contributed by atoms with Gasteiger partial charge in [0, 0.05) is 36.7 Å². The second kappa shape index (κ2) is 4.01. The fourth-order valence-electron chi connectivity index (χ4n) is 0. The third kappa shape index (κ3) is 11.0. The first-order valence-electron chi connectivity index (χ1n) is 1.14. The molecule has 7 heavy (non-hydrogen) atoms. The van der Waals surface area contributed by atoms with Gasteiger partial charge in [0.1, 0.15) is 0 Å². The summed E-state index contributed by atoms with van der Waals surface area (Å²) in [6.07, 6.45) is 0. The minimum atomic E-state index is -4.65. The Hall–Kier alpha value is 1.08. The van der Waals surface area contributed by atoms with Crippen LogP contribution in [-0.4, -0.2) is 41.6 Å². The number of rotatable bonds is 1. The van der Waals surface area contributed by atoms with Gasteiger partial charge in [0.15, 0.2) is 0 Å². The molecular weight excluding hydrogens is 133 g/mol. The van der Waals surface area contributed by atoms with Crippen LogP contribution in [0.5, 0.6) is 0 Å². The molecule has 0 rings (SSSR count). The smallest absolute Gasteiger partial charge is 0.299 e. The minimum Gasteiger partial charge on any atom is -0.299 e. The van der Waals surface area contributed by atoms with Crippen molar-refractivity contribution in [1.82, 2.24) is 0 Å². The molecule has 0 aromatic rings. The Morgan fingerprint density at radius 3 is 2.00 bits per heavy atom. The van der Waals surface area contributed by atoms with Crippen LogP contribution in [0.1, 0.15) is 0 Å². The second-order valence-corrected chi connectivity index (χ2v) is 1.90. The number of hydrogen-bond acceptors (Lipinski definition) is 2. The predicted molar refractivity (Wildman–Crippen MR) is 23.7 cm³/mol. The van der Waals surface area contributed by atoms with E-state index in [9.17, 15) is 8.76 Å². The largest absolute Gasteiger partial charge is 0.510 e. The Morgan fingerprint density at radius 2 is 2.00 bits per heavy atom. The molecule has 0 aliphatic heterocycles. The molecule has 1 unspecified atom stereocenters. The van der Waals surface area contributed by atoms with Gasteiger partial charge in [-0.3, -0.25) is 9.42 Å². The maximum Gasteiger partial charge on any atom is 0.510 e. The summed E-state index contributed by atoms with van der Waals surface area (Å²) < 4.78 is 23.6. The van der Waals surface area contributed by atoms with Crippen molar-refractivity contribution in [3.05, 3.63) is 0 Å². The van der Waals surface area contributed by atoms with E-state index in [2.05, 4.69) is 4.52 Å². The van der Waals surface area contributed by atoms with E-state index in [1.54, 1.807) is 0 Å². The SMILES string of the molecule is COP(=O)(O)F.[Na]. The van der Waals surface area contributed by atoms with E-state index >= 15 is 0 Å². The van der Waals surface area contributed by atoms with Crippen LogP contribution in [0.2, 0.25) is 0 Å². The molecule has 1 radical (unpaired) electrons. The second-order valence-electron chi connectivity index (χ2n) is 0.634.